The van der Waals surface area contributed by atoms with E-state index in [-0.39, 0.29) is 29.9 Å². The highest BCUT2D eigenvalue weighted by Crippen LogP contribution is 2.06. The van der Waals surface area contributed by atoms with E-state index in [4.69, 9.17) is 4.74 Å². The summed E-state index contributed by atoms with van der Waals surface area (Å²) in [5.74, 6) is -0.186. The highest BCUT2D eigenvalue weighted by molar-refractivity contribution is 7.89. The number of amides is 1. The van der Waals surface area contributed by atoms with Crippen LogP contribution in [-0.4, -0.2) is 53.2 Å². The highest BCUT2D eigenvalue weighted by Gasteiger charge is 2.20. The van der Waals surface area contributed by atoms with E-state index in [2.05, 4.69) is 15.4 Å². The highest BCUT2D eigenvalue weighted by atomic mass is 32.2. The Hall–Kier alpha value is -1.48. The lowest BCUT2D eigenvalue weighted by Gasteiger charge is -2.22. The molecule has 1 aromatic carbocycles. The molecule has 8 heteroatoms. The first-order chi connectivity index (χ1) is 10.1. The second kappa shape index (κ2) is 7.51. The molecule has 1 aliphatic heterocycles. The molecule has 0 aliphatic carbocycles. The van der Waals surface area contributed by atoms with E-state index >= 15 is 0 Å². The predicted octanol–water partition coefficient (Wildman–Crippen LogP) is -0.930. The lowest BCUT2D eigenvalue weighted by atomic mass is 10.2. The van der Waals surface area contributed by atoms with Crippen molar-refractivity contribution in [2.24, 2.45) is 0 Å². The molecule has 21 heavy (non-hydrogen) atoms. The Morgan fingerprint density at radius 1 is 1.29 bits per heavy atom. The Labute approximate surface area is 124 Å². The number of morpholine rings is 1. The number of carbonyl (C=O) groups excluding carboxylic acids is 1. The second-order valence-corrected chi connectivity index (χ2v) is 6.35. The van der Waals surface area contributed by atoms with Gasteiger partial charge in [0.05, 0.1) is 18.1 Å². The predicted molar refractivity (Wildman–Crippen MR) is 77.2 cm³/mol. The molecule has 1 fully saturated rings. The Kier molecular flexibility index (Phi) is 5.68. The summed E-state index contributed by atoms with van der Waals surface area (Å²) >= 11 is 0. The van der Waals surface area contributed by atoms with Crippen molar-refractivity contribution in [2.45, 2.75) is 10.9 Å². The van der Waals surface area contributed by atoms with Gasteiger partial charge in [0.1, 0.15) is 6.04 Å². The number of ether oxygens (including phenoxy) is 1. The third-order valence-electron chi connectivity index (χ3n) is 3.01. The van der Waals surface area contributed by atoms with E-state index < -0.39 is 10.0 Å². The van der Waals surface area contributed by atoms with E-state index in [0.717, 1.165) is 0 Å². The quantitative estimate of drug-likeness (QED) is 0.590. The van der Waals surface area contributed by atoms with Crippen LogP contribution in [-0.2, 0) is 19.6 Å². The van der Waals surface area contributed by atoms with Crippen molar-refractivity contribution in [3.8, 4) is 0 Å². The topological polar surface area (TPSA) is 96.5 Å². The van der Waals surface area contributed by atoms with Crippen molar-refractivity contribution in [1.29, 1.82) is 0 Å². The van der Waals surface area contributed by atoms with E-state index in [1.165, 1.54) is 12.1 Å². The van der Waals surface area contributed by atoms with Crippen molar-refractivity contribution in [1.82, 2.24) is 15.4 Å². The first-order valence-electron chi connectivity index (χ1n) is 6.73. The summed E-state index contributed by atoms with van der Waals surface area (Å²) < 4.78 is 31.5. The smallest absolute Gasteiger partial charge is 0.240 e. The van der Waals surface area contributed by atoms with E-state index in [1.54, 1.807) is 18.2 Å². The van der Waals surface area contributed by atoms with Gasteiger partial charge in [0.25, 0.3) is 0 Å². The number of carbonyl (C=O) groups is 1. The molecule has 1 amide bonds. The van der Waals surface area contributed by atoms with Crippen LogP contribution in [0.5, 0.6) is 0 Å². The number of hydrogen-bond donors (Lipinski definition) is 3. The second-order valence-electron chi connectivity index (χ2n) is 4.58. The fourth-order valence-corrected chi connectivity index (χ4v) is 2.96. The van der Waals surface area contributed by atoms with Crippen molar-refractivity contribution in [2.75, 3.05) is 32.8 Å². The fourth-order valence-electron chi connectivity index (χ4n) is 1.91. The van der Waals surface area contributed by atoms with Crippen LogP contribution in [0.3, 0.4) is 0 Å². The molecule has 1 unspecified atom stereocenters. The van der Waals surface area contributed by atoms with Gasteiger partial charge < -0.3 is 15.4 Å². The zero-order valence-electron chi connectivity index (χ0n) is 11.5. The van der Waals surface area contributed by atoms with Gasteiger partial charge in [-0.05, 0) is 12.1 Å². The van der Waals surface area contributed by atoms with Gasteiger partial charge in [0, 0.05) is 19.6 Å². The number of benzene rings is 1. The Bertz CT molecular complexity index is 556. The maximum absolute atomic E-state index is 11.9. The maximum atomic E-state index is 11.9. The van der Waals surface area contributed by atoms with Crippen LogP contribution in [0, 0.1) is 0 Å². The zero-order chi connectivity index (χ0) is 15.1. The molecular formula is C13H19N3O4S. The summed E-state index contributed by atoms with van der Waals surface area (Å²) in [5.41, 5.74) is 0. The maximum Gasteiger partial charge on any atom is 0.240 e. The molecule has 1 atom stereocenters. The summed E-state index contributed by atoms with van der Waals surface area (Å²) in [7, 11) is -3.52. The van der Waals surface area contributed by atoms with Crippen molar-refractivity contribution >= 4 is 15.9 Å². The van der Waals surface area contributed by atoms with Crippen LogP contribution < -0.4 is 15.4 Å². The minimum Gasteiger partial charge on any atom is -0.378 e. The SMILES string of the molecule is O=C(NCCNS(=O)(=O)c1ccccc1)C1COCCN1. The first kappa shape index (κ1) is 15.9. The summed E-state index contributed by atoms with van der Waals surface area (Å²) in [5, 5.41) is 5.69. The molecule has 2 rings (SSSR count). The number of hydrogen-bond acceptors (Lipinski definition) is 5. The lowest BCUT2D eigenvalue weighted by molar-refractivity contribution is -0.125. The van der Waals surface area contributed by atoms with E-state index in [0.29, 0.717) is 19.8 Å². The molecule has 1 aliphatic rings. The number of nitrogens with one attached hydrogen (secondary N) is 3. The Balaban J connectivity index is 1.73. The molecule has 0 saturated carbocycles. The van der Waals surface area contributed by atoms with Crippen molar-refractivity contribution in [3.05, 3.63) is 30.3 Å². The van der Waals surface area contributed by atoms with Gasteiger partial charge in [0.2, 0.25) is 15.9 Å². The molecule has 0 bridgehead atoms. The van der Waals surface area contributed by atoms with Crippen LogP contribution in [0.4, 0.5) is 0 Å². The number of rotatable bonds is 6. The van der Waals surface area contributed by atoms with E-state index in [1.807, 2.05) is 0 Å². The van der Waals surface area contributed by atoms with Crippen molar-refractivity contribution in [3.63, 3.8) is 0 Å². The molecule has 116 valence electrons. The molecule has 3 N–H and O–H groups in total. The van der Waals surface area contributed by atoms with E-state index in [9.17, 15) is 13.2 Å². The largest absolute Gasteiger partial charge is 0.378 e. The minimum atomic E-state index is -3.52. The summed E-state index contributed by atoms with van der Waals surface area (Å²) in [6.45, 7) is 1.93. The average molecular weight is 313 g/mol. The molecule has 1 aromatic rings. The Morgan fingerprint density at radius 3 is 2.71 bits per heavy atom. The molecule has 1 heterocycles. The van der Waals surface area contributed by atoms with Gasteiger partial charge in [0.15, 0.2) is 0 Å². The van der Waals surface area contributed by atoms with Gasteiger partial charge in [-0.15, -0.1) is 0 Å². The Morgan fingerprint density at radius 2 is 2.05 bits per heavy atom. The van der Waals surface area contributed by atoms with Crippen LogP contribution in [0.1, 0.15) is 0 Å². The normalized spacial score (nSPS) is 19.1. The minimum absolute atomic E-state index is 0.135. The summed E-state index contributed by atoms with van der Waals surface area (Å²) in [6.07, 6.45) is 0. The summed E-state index contributed by atoms with van der Waals surface area (Å²) in [6, 6.07) is 7.73. The molecule has 7 nitrogen and oxygen atoms in total. The molecule has 0 spiro atoms. The summed E-state index contributed by atoms with van der Waals surface area (Å²) in [4.78, 5) is 12.0. The van der Waals surface area contributed by atoms with Crippen molar-refractivity contribution < 1.29 is 17.9 Å². The van der Waals surface area contributed by atoms with Gasteiger partial charge in [-0.1, -0.05) is 18.2 Å². The van der Waals surface area contributed by atoms with Crippen LogP contribution in [0.15, 0.2) is 35.2 Å². The molecule has 0 aromatic heterocycles. The van der Waals surface area contributed by atoms with Gasteiger partial charge in [-0.3, -0.25) is 4.79 Å². The van der Waals surface area contributed by atoms with Gasteiger partial charge >= 0.3 is 0 Å². The van der Waals surface area contributed by atoms with Crippen LogP contribution >= 0.6 is 0 Å². The monoisotopic (exact) mass is 313 g/mol. The molecular weight excluding hydrogens is 294 g/mol. The lowest BCUT2D eigenvalue weighted by Crippen LogP contribution is -2.52. The third kappa shape index (κ3) is 4.78. The zero-order valence-corrected chi connectivity index (χ0v) is 12.4. The van der Waals surface area contributed by atoms with Crippen LogP contribution in [0.25, 0.3) is 0 Å². The number of sulfonamides is 1. The standard InChI is InChI=1S/C13H19N3O4S/c17-13(12-10-20-9-8-14-12)15-6-7-16-21(18,19)11-4-2-1-3-5-11/h1-5,12,14,16H,6-10H2,(H,15,17). The third-order valence-corrected chi connectivity index (χ3v) is 4.48. The van der Waals surface area contributed by atoms with Crippen LogP contribution in [0.2, 0.25) is 0 Å². The average Bonchev–Trinajstić information content (AvgIpc) is 2.53. The first-order valence-corrected chi connectivity index (χ1v) is 8.21. The van der Waals surface area contributed by atoms with Gasteiger partial charge in [-0.25, -0.2) is 13.1 Å². The molecule has 0 radical (unpaired) electrons. The molecule has 1 saturated heterocycles. The fraction of sp³-hybridized carbons (Fsp3) is 0.462. The van der Waals surface area contributed by atoms with Gasteiger partial charge in [-0.2, -0.15) is 0 Å².